The molecule has 1 atom stereocenters. The number of benzene rings is 1. The Bertz CT molecular complexity index is 1340. The van der Waals surface area contributed by atoms with Crippen LogP contribution < -0.4 is 10.6 Å². The Balaban J connectivity index is 1.51. The van der Waals surface area contributed by atoms with Crippen LogP contribution in [0.15, 0.2) is 35.1 Å². The Labute approximate surface area is 194 Å². The molecule has 0 aliphatic heterocycles. The molecular weight excluding hydrogens is 479 g/mol. The van der Waals surface area contributed by atoms with Gasteiger partial charge in [-0.1, -0.05) is 16.8 Å². The van der Waals surface area contributed by atoms with Gasteiger partial charge in [-0.2, -0.15) is 13.2 Å². The van der Waals surface area contributed by atoms with Gasteiger partial charge in [0.15, 0.2) is 17.3 Å². The molecule has 4 rings (SSSR count). The van der Waals surface area contributed by atoms with E-state index in [-0.39, 0.29) is 52.5 Å². The number of anilines is 1. The molecule has 0 unspecified atom stereocenters. The number of aliphatic hydroxyl groups is 1. The summed E-state index contributed by atoms with van der Waals surface area (Å²) >= 11 is 6.18. The number of aromatic nitrogens is 5. The van der Waals surface area contributed by atoms with Gasteiger partial charge >= 0.3 is 6.18 Å². The first-order valence-corrected chi connectivity index (χ1v) is 10.2. The number of halogens is 4. The first-order chi connectivity index (χ1) is 16.2. The van der Waals surface area contributed by atoms with E-state index >= 15 is 0 Å². The molecule has 14 heteroatoms. The maximum Gasteiger partial charge on any atom is 0.416 e. The number of aromatic amines is 1. The van der Waals surface area contributed by atoms with Crippen LogP contribution in [0.1, 0.15) is 34.8 Å². The monoisotopic (exact) mass is 495 g/mol. The third-order valence-corrected chi connectivity index (χ3v) is 5.12. The zero-order chi connectivity index (χ0) is 24.5. The highest BCUT2D eigenvalue weighted by Gasteiger charge is 2.31. The molecule has 0 aliphatic rings. The summed E-state index contributed by atoms with van der Waals surface area (Å²) in [5, 5.41) is 18.2. The molecule has 0 bridgehead atoms. The predicted molar refractivity (Wildman–Crippen MR) is 115 cm³/mol. The maximum absolute atomic E-state index is 12.9. The largest absolute Gasteiger partial charge is 0.416 e. The molecule has 1 aromatic carbocycles. The summed E-state index contributed by atoms with van der Waals surface area (Å²) in [6, 6.07) is 4.02. The second kappa shape index (κ2) is 9.27. The smallest absolute Gasteiger partial charge is 0.395 e. The highest BCUT2D eigenvalue weighted by Crippen LogP contribution is 2.32. The van der Waals surface area contributed by atoms with Crippen molar-refractivity contribution in [3.63, 3.8) is 0 Å². The third kappa shape index (κ3) is 4.79. The zero-order valence-corrected chi connectivity index (χ0v) is 18.2. The number of amides is 1. The zero-order valence-electron chi connectivity index (χ0n) is 17.4. The van der Waals surface area contributed by atoms with E-state index in [1.165, 1.54) is 12.1 Å². The summed E-state index contributed by atoms with van der Waals surface area (Å²) in [5.74, 6) is 0.0715. The molecule has 10 nitrogen and oxygen atoms in total. The number of carbonyl (C=O) groups is 1. The Kier molecular flexibility index (Phi) is 6.39. The van der Waals surface area contributed by atoms with Gasteiger partial charge in [0, 0.05) is 12.6 Å². The van der Waals surface area contributed by atoms with Gasteiger partial charge in [0.25, 0.3) is 5.91 Å². The van der Waals surface area contributed by atoms with Gasteiger partial charge in [-0.3, -0.25) is 4.79 Å². The minimum atomic E-state index is -4.48. The summed E-state index contributed by atoms with van der Waals surface area (Å²) in [7, 11) is 0. The van der Waals surface area contributed by atoms with E-state index in [1.54, 1.807) is 6.92 Å². The Morgan fingerprint density at radius 2 is 2.09 bits per heavy atom. The summed E-state index contributed by atoms with van der Waals surface area (Å²) in [5.41, 5.74) is -0.110. The fourth-order valence-corrected chi connectivity index (χ4v) is 3.32. The average molecular weight is 496 g/mol. The number of nitrogens with one attached hydrogen (secondary N) is 3. The minimum absolute atomic E-state index is 0.0144. The molecule has 0 radical (unpaired) electrons. The van der Waals surface area contributed by atoms with Crippen molar-refractivity contribution >= 4 is 34.4 Å². The van der Waals surface area contributed by atoms with Gasteiger partial charge in [0.1, 0.15) is 22.9 Å². The second-order valence-corrected chi connectivity index (χ2v) is 7.54. The first-order valence-electron chi connectivity index (χ1n) is 9.87. The molecule has 0 spiro atoms. The topological polar surface area (TPSA) is 142 Å². The molecule has 0 saturated heterocycles. The SMILES string of the molecule is C[C@H](NC(=O)c1ncnc(NCCO)c1Cl)c1cc(-c2nc3ccc(C(F)(F)F)cc3[nH]2)no1. The molecule has 4 aromatic rings. The van der Waals surface area contributed by atoms with Crippen LogP contribution in [-0.2, 0) is 6.18 Å². The molecule has 3 aromatic heterocycles. The molecule has 0 fully saturated rings. The van der Waals surface area contributed by atoms with E-state index in [2.05, 4.69) is 35.7 Å². The number of aliphatic hydroxyl groups excluding tert-OH is 1. The van der Waals surface area contributed by atoms with Crippen LogP contribution in [0.5, 0.6) is 0 Å². The van der Waals surface area contributed by atoms with Crippen molar-refractivity contribution in [2.75, 3.05) is 18.5 Å². The quantitative estimate of drug-likeness (QED) is 0.305. The number of nitrogens with zero attached hydrogens (tertiary/aromatic N) is 4. The summed E-state index contributed by atoms with van der Waals surface area (Å²) in [6.07, 6.45) is -3.32. The van der Waals surface area contributed by atoms with Gasteiger partial charge in [-0.15, -0.1) is 0 Å². The van der Waals surface area contributed by atoms with Crippen LogP contribution in [0.4, 0.5) is 19.0 Å². The Morgan fingerprint density at radius 1 is 1.29 bits per heavy atom. The van der Waals surface area contributed by atoms with Crippen LogP contribution in [0.3, 0.4) is 0 Å². The van der Waals surface area contributed by atoms with Gasteiger partial charge in [0.05, 0.1) is 29.2 Å². The van der Waals surface area contributed by atoms with Gasteiger partial charge < -0.3 is 25.2 Å². The van der Waals surface area contributed by atoms with E-state index in [0.717, 1.165) is 18.5 Å². The average Bonchev–Trinajstić information content (AvgIpc) is 3.44. The number of H-pyrrole nitrogens is 1. The van der Waals surface area contributed by atoms with Crippen molar-refractivity contribution in [1.29, 1.82) is 0 Å². The first kappa shape index (κ1) is 23.4. The lowest BCUT2D eigenvalue weighted by Crippen LogP contribution is -2.28. The molecule has 178 valence electrons. The summed E-state index contributed by atoms with van der Waals surface area (Å²) < 4.78 is 44.1. The predicted octanol–water partition coefficient (Wildman–Crippen LogP) is 3.58. The lowest BCUT2D eigenvalue weighted by Gasteiger charge is -2.12. The molecule has 0 aliphatic carbocycles. The van der Waals surface area contributed by atoms with Crippen LogP contribution in [0.2, 0.25) is 5.02 Å². The fourth-order valence-electron chi connectivity index (χ4n) is 3.07. The normalized spacial score (nSPS) is 12.6. The van der Waals surface area contributed by atoms with E-state index < -0.39 is 23.7 Å². The van der Waals surface area contributed by atoms with Gasteiger partial charge in [-0.05, 0) is 25.1 Å². The third-order valence-electron chi connectivity index (χ3n) is 4.76. The number of carbonyl (C=O) groups excluding carboxylic acids is 1. The molecule has 0 saturated carbocycles. The number of alkyl halides is 3. The number of hydrogen-bond donors (Lipinski definition) is 4. The van der Waals surface area contributed by atoms with E-state index in [1.807, 2.05) is 0 Å². The molecular formula is C20H17ClF3N7O3. The lowest BCUT2D eigenvalue weighted by atomic mass is 10.2. The van der Waals surface area contributed by atoms with Gasteiger partial charge in [-0.25, -0.2) is 15.0 Å². The van der Waals surface area contributed by atoms with Crippen LogP contribution in [0.25, 0.3) is 22.6 Å². The lowest BCUT2D eigenvalue weighted by molar-refractivity contribution is -0.137. The molecule has 1 amide bonds. The molecule has 4 N–H and O–H groups in total. The van der Waals surface area contributed by atoms with Crippen molar-refractivity contribution in [1.82, 2.24) is 30.4 Å². The van der Waals surface area contributed by atoms with Crippen LogP contribution >= 0.6 is 11.6 Å². The van der Waals surface area contributed by atoms with Crippen molar-refractivity contribution in [2.24, 2.45) is 0 Å². The van der Waals surface area contributed by atoms with E-state index in [4.69, 9.17) is 21.2 Å². The summed E-state index contributed by atoms with van der Waals surface area (Å²) in [6.45, 7) is 1.67. The Morgan fingerprint density at radius 3 is 2.82 bits per heavy atom. The van der Waals surface area contributed by atoms with Crippen molar-refractivity contribution in [3.8, 4) is 11.5 Å². The van der Waals surface area contributed by atoms with E-state index in [9.17, 15) is 18.0 Å². The van der Waals surface area contributed by atoms with Crippen molar-refractivity contribution < 1.29 is 27.6 Å². The number of hydrogen-bond acceptors (Lipinski definition) is 8. The standard InChI is InChI=1S/C20H17ClF3N7O3/c1-9(28-19(33)16-15(21)18(25-4-5-32)27-8-26-16)14-7-13(31-34-14)17-29-11-3-2-10(20(22,23)24)6-12(11)30-17/h2-3,6-9,32H,4-5H2,1H3,(H,28,33)(H,29,30)(H,25,26,27)/t9-/m0/s1. The highest BCUT2D eigenvalue weighted by atomic mass is 35.5. The fraction of sp³-hybridized carbons (Fsp3) is 0.250. The number of fused-ring (bicyclic) bond motifs is 1. The molecule has 3 heterocycles. The van der Waals surface area contributed by atoms with Gasteiger partial charge in [0.2, 0.25) is 0 Å². The number of rotatable bonds is 7. The molecule has 34 heavy (non-hydrogen) atoms. The Hall–Kier alpha value is -3.71. The maximum atomic E-state index is 12.9. The van der Waals surface area contributed by atoms with Crippen molar-refractivity contribution in [3.05, 3.63) is 52.6 Å². The summed E-state index contributed by atoms with van der Waals surface area (Å²) in [4.78, 5) is 27.5. The second-order valence-electron chi connectivity index (χ2n) is 7.16. The minimum Gasteiger partial charge on any atom is -0.395 e. The van der Waals surface area contributed by atoms with Crippen LogP contribution in [0, 0.1) is 0 Å². The van der Waals surface area contributed by atoms with E-state index in [0.29, 0.717) is 5.52 Å². The number of imidazole rings is 1. The van der Waals surface area contributed by atoms with Crippen LogP contribution in [-0.4, -0.2) is 49.3 Å². The highest BCUT2D eigenvalue weighted by molar-refractivity contribution is 6.35. The van der Waals surface area contributed by atoms with Crippen molar-refractivity contribution in [2.45, 2.75) is 19.1 Å².